The van der Waals surface area contributed by atoms with Crippen molar-refractivity contribution in [2.24, 2.45) is 5.84 Å². The third-order valence-corrected chi connectivity index (χ3v) is 2.64. The lowest BCUT2D eigenvalue weighted by Gasteiger charge is -2.08. The molecule has 1 amide bonds. The largest absolute Gasteiger partial charge is 0.352 e. The van der Waals surface area contributed by atoms with E-state index < -0.39 is 0 Å². The maximum absolute atomic E-state index is 12.0. The van der Waals surface area contributed by atoms with Crippen LogP contribution < -0.4 is 16.6 Å². The monoisotopic (exact) mass is 257 g/mol. The Hall–Kier alpha value is -2.47. The van der Waals surface area contributed by atoms with Crippen molar-refractivity contribution in [3.8, 4) is 0 Å². The standard InChI is InChI=1S/C13H15N5O/c14-18-12-9-16-6-4-11(12)13(19)17-7-3-10-2-1-5-15-8-10/h1-2,4-6,8-9,18H,3,7,14H2,(H,17,19). The summed E-state index contributed by atoms with van der Waals surface area (Å²) in [7, 11) is 0. The highest BCUT2D eigenvalue weighted by atomic mass is 16.1. The molecule has 0 spiro atoms. The summed E-state index contributed by atoms with van der Waals surface area (Å²) in [5.74, 6) is 5.15. The van der Waals surface area contributed by atoms with Crippen LogP contribution in [0.3, 0.4) is 0 Å². The van der Waals surface area contributed by atoms with Gasteiger partial charge in [-0.3, -0.25) is 20.6 Å². The molecule has 19 heavy (non-hydrogen) atoms. The number of rotatable bonds is 5. The Kier molecular flexibility index (Phi) is 4.41. The lowest BCUT2D eigenvalue weighted by molar-refractivity contribution is 0.0955. The first-order valence-corrected chi connectivity index (χ1v) is 5.89. The Morgan fingerprint density at radius 3 is 2.79 bits per heavy atom. The molecule has 0 saturated carbocycles. The molecular weight excluding hydrogens is 242 g/mol. The molecule has 6 heteroatoms. The normalized spacial score (nSPS) is 9.95. The summed E-state index contributed by atoms with van der Waals surface area (Å²) < 4.78 is 0. The molecule has 0 unspecified atom stereocenters. The van der Waals surface area contributed by atoms with Crippen LogP contribution >= 0.6 is 0 Å². The highest BCUT2D eigenvalue weighted by Crippen LogP contribution is 2.11. The minimum atomic E-state index is -0.181. The Morgan fingerprint density at radius 2 is 2.05 bits per heavy atom. The average molecular weight is 257 g/mol. The number of carbonyl (C=O) groups is 1. The van der Waals surface area contributed by atoms with E-state index in [9.17, 15) is 4.79 Å². The topological polar surface area (TPSA) is 92.9 Å². The Labute approximate surface area is 111 Å². The first-order valence-electron chi connectivity index (χ1n) is 5.89. The fourth-order valence-electron chi connectivity index (χ4n) is 1.67. The van der Waals surface area contributed by atoms with Gasteiger partial charge >= 0.3 is 0 Å². The molecular formula is C13H15N5O. The van der Waals surface area contributed by atoms with Gasteiger partial charge in [-0.25, -0.2) is 0 Å². The van der Waals surface area contributed by atoms with E-state index in [1.165, 1.54) is 6.20 Å². The number of carbonyl (C=O) groups excluding carboxylic acids is 1. The van der Waals surface area contributed by atoms with E-state index in [-0.39, 0.29) is 5.91 Å². The molecule has 0 aliphatic carbocycles. The van der Waals surface area contributed by atoms with Gasteiger partial charge in [0.25, 0.3) is 5.91 Å². The fourth-order valence-corrected chi connectivity index (χ4v) is 1.67. The molecule has 0 bridgehead atoms. The van der Waals surface area contributed by atoms with E-state index in [1.807, 2.05) is 12.1 Å². The predicted molar refractivity (Wildman–Crippen MR) is 72.3 cm³/mol. The highest BCUT2D eigenvalue weighted by molar-refractivity contribution is 5.99. The van der Waals surface area contributed by atoms with Crippen LogP contribution in [0.25, 0.3) is 0 Å². The van der Waals surface area contributed by atoms with Gasteiger partial charge in [-0.2, -0.15) is 0 Å². The van der Waals surface area contributed by atoms with Gasteiger partial charge in [0.1, 0.15) is 0 Å². The van der Waals surface area contributed by atoms with Gasteiger partial charge in [-0.15, -0.1) is 0 Å². The SMILES string of the molecule is NNc1cnccc1C(=O)NCCc1cccnc1. The van der Waals surface area contributed by atoms with E-state index in [1.54, 1.807) is 24.7 Å². The summed E-state index contributed by atoms with van der Waals surface area (Å²) in [6.45, 7) is 0.539. The lowest BCUT2D eigenvalue weighted by atomic mass is 10.2. The van der Waals surface area contributed by atoms with Crippen molar-refractivity contribution >= 4 is 11.6 Å². The zero-order valence-corrected chi connectivity index (χ0v) is 10.3. The van der Waals surface area contributed by atoms with Crippen LogP contribution in [0.1, 0.15) is 15.9 Å². The van der Waals surface area contributed by atoms with Crippen LogP contribution in [-0.2, 0) is 6.42 Å². The Morgan fingerprint density at radius 1 is 1.21 bits per heavy atom. The summed E-state index contributed by atoms with van der Waals surface area (Å²) in [5.41, 5.74) is 4.51. The number of nitrogen functional groups attached to an aromatic ring is 1. The van der Waals surface area contributed by atoms with Crippen LogP contribution in [0.2, 0.25) is 0 Å². The zero-order valence-electron chi connectivity index (χ0n) is 10.3. The maximum atomic E-state index is 12.0. The second kappa shape index (κ2) is 6.46. The highest BCUT2D eigenvalue weighted by Gasteiger charge is 2.09. The quantitative estimate of drug-likeness (QED) is 0.542. The van der Waals surface area contributed by atoms with Crippen molar-refractivity contribution in [3.63, 3.8) is 0 Å². The van der Waals surface area contributed by atoms with Crippen molar-refractivity contribution in [1.29, 1.82) is 0 Å². The van der Waals surface area contributed by atoms with Crippen molar-refractivity contribution in [3.05, 3.63) is 54.1 Å². The second-order valence-electron chi connectivity index (χ2n) is 3.93. The van der Waals surface area contributed by atoms with Crippen molar-refractivity contribution in [1.82, 2.24) is 15.3 Å². The van der Waals surface area contributed by atoms with Gasteiger partial charge in [-0.1, -0.05) is 6.07 Å². The summed E-state index contributed by atoms with van der Waals surface area (Å²) >= 11 is 0. The summed E-state index contributed by atoms with van der Waals surface area (Å²) in [6.07, 6.45) is 7.30. The minimum Gasteiger partial charge on any atom is -0.352 e. The van der Waals surface area contributed by atoms with Gasteiger partial charge in [0.2, 0.25) is 0 Å². The molecule has 0 radical (unpaired) electrons. The molecule has 2 heterocycles. The van der Waals surface area contributed by atoms with Gasteiger partial charge in [0.15, 0.2) is 0 Å². The zero-order chi connectivity index (χ0) is 13.5. The second-order valence-corrected chi connectivity index (χ2v) is 3.93. The number of nitrogens with two attached hydrogens (primary N) is 1. The molecule has 2 aromatic heterocycles. The molecule has 2 aromatic rings. The molecule has 6 nitrogen and oxygen atoms in total. The fraction of sp³-hybridized carbons (Fsp3) is 0.154. The number of nitrogens with one attached hydrogen (secondary N) is 2. The number of hydrogen-bond donors (Lipinski definition) is 3. The van der Waals surface area contributed by atoms with Crippen molar-refractivity contribution in [2.45, 2.75) is 6.42 Å². The van der Waals surface area contributed by atoms with Gasteiger partial charge in [0.05, 0.1) is 17.4 Å². The van der Waals surface area contributed by atoms with E-state index in [4.69, 9.17) is 5.84 Å². The maximum Gasteiger partial charge on any atom is 0.253 e. The van der Waals surface area contributed by atoms with Crippen LogP contribution in [0, 0.1) is 0 Å². The Bertz CT molecular complexity index is 544. The minimum absolute atomic E-state index is 0.181. The molecule has 98 valence electrons. The number of nitrogens with zero attached hydrogens (tertiary/aromatic N) is 2. The molecule has 0 aromatic carbocycles. The number of pyridine rings is 2. The van der Waals surface area contributed by atoms with E-state index in [2.05, 4.69) is 20.7 Å². The molecule has 0 aliphatic heterocycles. The summed E-state index contributed by atoms with van der Waals surface area (Å²) in [4.78, 5) is 19.9. The molecule has 2 rings (SSSR count). The predicted octanol–water partition coefficient (Wildman–Crippen LogP) is 0.735. The number of amides is 1. The van der Waals surface area contributed by atoms with E-state index in [0.717, 1.165) is 12.0 Å². The van der Waals surface area contributed by atoms with Crippen molar-refractivity contribution in [2.75, 3.05) is 12.0 Å². The average Bonchev–Trinajstić information content (AvgIpc) is 2.48. The molecule has 0 fully saturated rings. The first-order chi connectivity index (χ1) is 9.31. The smallest absolute Gasteiger partial charge is 0.253 e. The number of anilines is 1. The van der Waals surface area contributed by atoms with Crippen molar-refractivity contribution < 1.29 is 4.79 Å². The number of hydrogen-bond acceptors (Lipinski definition) is 5. The van der Waals surface area contributed by atoms with Gasteiger partial charge in [0, 0.05) is 25.1 Å². The van der Waals surface area contributed by atoms with Gasteiger partial charge in [-0.05, 0) is 24.1 Å². The third kappa shape index (κ3) is 3.49. The molecule has 0 aliphatic rings. The van der Waals surface area contributed by atoms with Crippen LogP contribution in [0.4, 0.5) is 5.69 Å². The number of hydrazine groups is 1. The van der Waals surface area contributed by atoms with E-state index in [0.29, 0.717) is 17.8 Å². The summed E-state index contributed by atoms with van der Waals surface area (Å²) in [6, 6.07) is 5.46. The Balaban J connectivity index is 1.91. The molecule has 0 atom stereocenters. The summed E-state index contributed by atoms with van der Waals surface area (Å²) in [5, 5.41) is 2.83. The van der Waals surface area contributed by atoms with Gasteiger partial charge < -0.3 is 10.7 Å². The van der Waals surface area contributed by atoms with Crippen LogP contribution in [-0.4, -0.2) is 22.4 Å². The van der Waals surface area contributed by atoms with E-state index >= 15 is 0 Å². The van der Waals surface area contributed by atoms with Crippen LogP contribution in [0.5, 0.6) is 0 Å². The molecule has 4 N–H and O–H groups in total. The lowest BCUT2D eigenvalue weighted by Crippen LogP contribution is -2.27. The number of aromatic nitrogens is 2. The van der Waals surface area contributed by atoms with Crippen LogP contribution in [0.15, 0.2) is 43.0 Å². The first kappa shape index (κ1) is 13.0. The third-order valence-electron chi connectivity index (χ3n) is 2.64. The molecule has 0 saturated heterocycles.